The molecule has 3 aromatic rings. The number of likely N-dealkylation sites (tertiary alicyclic amines) is 1. The van der Waals surface area contributed by atoms with Crippen molar-refractivity contribution in [1.29, 1.82) is 0 Å². The molecule has 1 N–H and O–H groups in total. The number of hydrogen-bond donors (Lipinski definition) is 1. The number of allylic oxidation sites excluding steroid dienone is 1. The molecular weight excluding hydrogens is 424 g/mol. The third-order valence-electron chi connectivity index (χ3n) is 6.43. The molecule has 0 spiro atoms. The number of anilines is 1. The van der Waals surface area contributed by atoms with Crippen LogP contribution in [0.4, 0.5) is 5.82 Å². The second-order valence-corrected chi connectivity index (χ2v) is 8.82. The third kappa shape index (κ3) is 5.12. The molecule has 2 aromatic heterocycles. The highest BCUT2D eigenvalue weighted by molar-refractivity contribution is 5.93. The van der Waals surface area contributed by atoms with Crippen LogP contribution in [0.2, 0.25) is 0 Å². The lowest BCUT2D eigenvalue weighted by Gasteiger charge is -2.15. The van der Waals surface area contributed by atoms with Gasteiger partial charge in [0.15, 0.2) is 0 Å². The van der Waals surface area contributed by atoms with Gasteiger partial charge in [-0.2, -0.15) is 0 Å². The highest BCUT2D eigenvalue weighted by atomic mass is 16.2. The lowest BCUT2D eigenvalue weighted by atomic mass is 9.98. The van der Waals surface area contributed by atoms with E-state index in [1.165, 1.54) is 11.1 Å². The quantitative estimate of drug-likeness (QED) is 0.570. The van der Waals surface area contributed by atoms with Crippen LogP contribution < -0.4 is 5.32 Å². The first-order valence-electron chi connectivity index (χ1n) is 11.5. The van der Waals surface area contributed by atoms with Crippen LogP contribution in [0, 0.1) is 11.8 Å². The first-order valence-corrected chi connectivity index (χ1v) is 11.5. The Labute approximate surface area is 199 Å². The van der Waals surface area contributed by atoms with Crippen molar-refractivity contribution in [2.24, 2.45) is 11.8 Å². The van der Waals surface area contributed by atoms with Gasteiger partial charge >= 0.3 is 0 Å². The van der Waals surface area contributed by atoms with E-state index < -0.39 is 0 Å². The molecule has 1 fully saturated rings. The Kier molecular flexibility index (Phi) is 6.29. The van der Waals surface area contributed by atoms with E-state index in [2.05, 4.69) is 45.6 Å². The van der Waals surface area contributed by atoms with Crippen molar-refractivity contribution in [2.45, 2.75) is 12.8 Å². The predicted molar refractivity (Wildman–Crippen MR) is 132 cm³/mol. The lowest BCUT2D eigenvalue weighted by Crippen LogP contribution is -2.27. The molecule has 1 aliphatic heterocycles. The van der Waals surface area contributed by atoms with Crippen molar-refractivity contribution < 1.29 is 9.59 Å². The van der Waals surface area contributed by atoms with Crippen molar-refractivity contribution in [2.75, 3.05) is 18.4 Å². The van der Waals surface area contributed by atoms with E-state index in [1.54, 1.807) is 36.8 Å². The number of hydrogen-bond acceptors (Lipinski definition) is 4. The fraction of sp³-hybridized carbons (Fsp3) is 0.214. The Morgan fingerprint density at radius 3 is 2.59 bits per heavy atom. The maximum Gasteiger partial charge on any atom is 0.246 e. The van der Waals surface area contributed by atoms with Crippen molar-refractivity contribution in [1.82, 2.24) is 14.9 Å². The molecule has 2 unspecified atom stereocenters. The summed E-state index contributed by atoms with van der Waals surface area (Å²) in [5, 5.41) is 2.79. The van der Waals surface area contributed by atoms with Crippen molar-refractivity contribution >= 4 is 29.3 Å². The summed E-state index contributed by atoms with van der Waals surface area (Å²) in [6.07, 6.45) is 12.0. The van der Waals surface area contributed by atoms with Crippen LogP contribution in [0.15, 0.2) is 85.3 Å². The molecule has 3 heterocycles. The van der Waals surface area contributed by atoms with Gasteiger partial charge in [-0.3, -0.25) is 14.6 Å². The average molecular weight is 451 g/mol. The molecule has 0 radical (unpaired) electrons. The molecule has 170 valence electrons. The number of nitrogens with zero attached hydrogens (tertiary/aromatic N) is 3. The molecular formula is C28H26N4O2. The molecule has 1 saturated heterocycles. The molecule has 1 aliphatic carbocycles. The van der Waals surface area contributed by atoms with Gasteiger partial charge in [-0.1, -0.05) is 36.4 Å². The fourth-order valence-electron chi connectivity index (χ4n) is 4.68. The maximum absolute atomic E-state index is 12.7. The first-order chi connectivity index (χ1) is 16.6. The van der Waals surface area contributed by atoms with Gasteiger partial charge in [0, 0.05) is 37.8 Å². The van der Waals surface area contributed by atoms with Crippen LogP contribution in [-0.4, -0.2) is 39.8 Å². The summed E-state index contributed by atoms with van der Waals surface area (Å²) < 4.78 is 0. The number of carbonyl (C=O) groups is 2. The standard InChI is InChI=1S/C28H26N4O2/c33-27(14-20-10-12-29-13-11-20)31-26-8-6-21(17-30-26)7-9-28(34)32-18-24-15-23(16-25(24)19-32)22-4-2-1-3-5-22/h1-13,15,17,24-25H,14,16,18-19H2,(H,30,31,33)/b9-7+. The SMILES string of the molecule is O=C(Cc1ccncc1)Nc1ccc(/C=C/C(=O)N2CC3C=C(c4ccccc4)CC3C2)cn1. The van der Waals surface area contributed by atoms with Crippen molar-refractivity contribution in [3.63, 3.8) is 0 Å². The predicted octanol–water partition coefficient (Wildman–Crippen LogP) is 4.23. The summed E-state index contributed by atoms with van der Waals surface area (Å²) in [6.45, 7) is 1.56. The minimum atomic E-state index is -0.138. The summed E-state index contributed by atoms with van der Waals surface area (Å²) in [5.74, 6) is 1.31. The van der Waals surface area contributed by atoms with E-state index in [-0.39, 0.29) is 18.2 Å². The molecule has 6 heteroatoms. The number of fused-ring (bicyclic) bond motifs is 1. The Morgan fingerprint density at radius 1 is 1.03 bits per heavy atom. The fourth-order valence-corrected chi connectivity index (χ4v) is 4.68. The van der Waals surface area contributed by atoms with E-state index >= 15 is 0 Å². The van der Waals surface area contributed by atoms with Crippen molar-refractivity contribution in [3.05, 3.63) is 102 Å². The molecule has 1 aromatic carbocycles. The Hall–Kier alpha value is -4.06. The first kappa shape index (κ1) is 21.8. The van der Waals surface area contributed by atoms with Crippen LogP contribution in [0.1, 0.15) is 23.1 Å². The smallest absolute Gasteiger partial charge is 0.246 e. The van der Waals surface area contributed by atoms with E-state index in [9.17, 15) is 9.59 Å². The van der Waals surface area contributed by atoms with Gasteiger partial charge in [0.05, 0.1) is 6.42 Å². The molecule has 5 rings (SSSR count). The van der Waals surface area contributed by atoms with Gasteiger partial charge in [-0.15, -0.1) is 0 Å². The third-order valence-corrected chi connectivity index (χ3v) is 6.43. The minimum Gasteiger partial charge on any atom is -0.338 e. The summed E-state index contributed by atoms with van der Waals surface area (Å²) in [5.41, 5.74) is 4.39. The molecule has 2 aliphatic rings. The number of nitrogens with one attached hydrogen (secondary N) is 1. The van der Waals surface area contributed by atoms with Gasteiger partial charge in [-0.25, -0.2) is 4.98 Å². The van der Waals surface area contributed by atoms with E-state index in [0.717, 1.165) is 30.6 Å². The normalized spacial score (nSPS) is 19.2. The Morgan fingerprint density at radius 2 is 1.85 bits per heavy atom. The van der Waals surface area contributed by atoms with Gasteiger partial charge in [0.1, 0.15) is 5.82 Å². The van der Waals surface area contributed by atoms with E-state index in [0.29, 0.717) is 17.7 Å². The van der Waals surface area contributed by atoms with Gasteiger partial charge < -0.3 is 10.2 Å². The summed E-state index contributed by atoms with van der Waals surface area (Å²) >= 11 is 0. The summed E-state index contributed by atoms with van der Waals surface area (Å²) in [6, 6.07) is 17.7. The average Bonchev–Trinajstić information content (AvgIpc) is 3.44. The zero-order valence-electron chi connectivity index (χ0n) is 18.8. The monoisotopic (exact) mass is 450 g/mol. The molecule has 6 nitrogen and oxygen atoms in total. The van der Waals surface area contributed by atoms with Gasteiger partial charge in [0.2, 0.25) is 11.8 Å². The summed E-state index contributed by atoms with van der Waals surface area (Å²) in [7, 11) is 0. The number of pyridine rings is 2. The molecule has 34 heavy (non-hydrogen) atoms. The molecule has 0 saturated carbocycles. The number of rotatable bonds is 6. The minimum absolute atomic E-state index is 0.0267. The number of aromatic nitrogens is 2. The maximum atomic E-state index is 12.7. The zero-order valence-corrected chi connectivity index (χ0v) is 18.8. The number of amides is 2. The number of carbonyl (C=O) groups excluding carboxylic acids is 2. The largest absolute Gasteiger partial charge is 0.338 e. The van der Waals surface area contributed by atoms with Gasteiger partial charge in [-0.05, 0) is 70.9 Å². The molecule has 2 atom stereocenters. The van der Waals surface area contributed by atoms with Crippen LogP contribution in [0.25, 0.3) is 11.6 Å². The van der Waals surface area contributed by atoms with Crippen molar-refractivity contribution in [3.8, 4) is 0 Å². The van der Waals surface area contributed by atoms with Crippen LogP contribution >= 0.6 is 0 Å². The Balaban J connectivity index is 1.13. The Bertz CT molecular complexity index is 1220. The second-order valence-electron chi connectivity index (χ2n) is 8.82. The topological polar surface area (TPSA) is 75.2 Å². The van der Waals surface area contributed by atoms with Crippen LogP contribution in [-0.2, 0) is 16.0 Å². The van der Waals surface area contributed by atoms with E-state index in [4.69, 9.17) is 0 Å². The lowest BCUT2D eigenvalue weighted by molar-refractivity contribution is -0.125. The summed E-state index contributed by atoms with van der Waals surface area (Å²) in [4.78, 5) is 35.1. The molecule has 2 amide bonds. The second kappa shape index (κ2) is 9.83. The zero-order chi connectivity index (χ0) is 23.3. The van der Waals surface area contributed by atoms with Crippen LogP contribution in [0.5, 0.6) is 0 Å². The number of benzene rings is 1. The van der Waals surface area contributed by atoms with Crippen LogP contribution in [0.3, 0.4) is 0 Å². The highest BCUT2D eigenvalue weighted by Crippen LogP contribution is 2.40. The van der Waals surface area contributed by atoms with Gasteiger partial charge in [0.25, 0.3) is 0 Å². The molecule has 0 bridgehead atoms. The van der Waals surface area contributed by atoms with E-state index in [1.807, 2.05) is 29.2 Å². The highest BCUT2D eigenvalue weighted by Gasteiger charge is 2.37.